The molecule has 0 radical (unpaired) electrons. The maximum absolute atomic E-state index is 13.4. The number of benzene rings is 1. The van der Waals surface area contributed by atoms with Gasteiger partial charge in [-0.3, -0.25) is 14.4 Å². The molecular formula is C24H25NO6. The highest BCUT2D eigenvalue weighted by atomic mass is 16.3. The highest BCUT2D eigenvalue weighted by Crippen LogP contribution is 2.51. The maximum atomic E-state index is 13.4. The quantitative estimate of drug-likeness (QED) is 0.540. The third kappa shape index (κ3) is 2.82. The first-order chi connectivity index (χ1) is 14.8. The van der Waals surface area contributed by atoms with E-state index in [1.165, 1.54) is 0 Å². The molecule has 0 aliphatic heterocycles. The summed E-state index contributed by atoms with van der Waals surface area (Å²) in [5, 5.41) is 32.2. The van der Waals surface area contributed by atoms with Crippen molar-refractivity contribution in [3.8, 4) is 5.75 Å². The summed E-state index contributed by atoms with van der Waals surface area (Å²) in [5.74, 6) is -4.47. The first-order valence-corrected chi connectivity index (χ1v) is 10.9. The number of fused-ring (bicyclic) bond motifs is 3. The van der Waals surface area contributed by atoms with Crippen LogP contribution in [-0.2, 0) is 20.8 Å². The summed E-state index contributed by atoms with van der Waals surface area (Å²) in [5.41, 5.74) is 7.19. The van der Waals surface area contributed by atoms with Crippen LogP contribution >= 0.6 is 0 Å². The van der Waals surface area contributed by atoms with Gasteiger partial charge in [0, 0.05) is 12.0 Å². The number of aromatic hydroxyl groups is 1. The molecule has 1 aromatic carbocycles. The normalized spacial score (nSPS) is 28.5. The second-order valence-electron chi connectivity index (χ2n) is 9.26. The van der Waals surface area contributed by atoms with E-state index in [-0.39, 0.29) is 29.4 Å². The van der Waals surface area contributed by atoms with Gasteiger partial charge in [0.2, 0.25) is 0 Å². The molecule has 0 saturated heterocycles. The fraction of sp³-hybridized carbons (Fsp3) is 0.458. The van der Waals surface area contributed by atoms with Crippen LogP contribution in [0.25, 0.3) is 5.76 Å². The van der Waals surface area contributed by atoms with E-state index in [1.54, 1.807) is 6.07 Å². The third-order valence-corrected chi connectivity index (χ3v) is 7.60. The molecule has 31 heavy (non-hydrogen) atoms. The molecule has 1 aromatic rings. The minimum absolute atomic E-state index is 0.0361. The Balaban J connectivity index is 1.64. The van der Waals surface area contributed by atoms with Crippen LogP contribution in [0, 0.1) is 17.8 Å². The standard InChI is InChI=1S/C24H25NO6/c25-24(31)20-16(27)9-12-7-11-8-14-13(10-3-1-2-4-10)5-6-15(26)19(14)22(29)17(11)21(28)18(12)23(20)30/h5-6,10-12,18,26,29-30H,1-4,7-9H2,(H2,25,31)/t11?,12-,18?/m0/s1. The SMILES string of the molecule is NC(=O)C1=C(O)C2C(=O)C3=C(O)c4c(O)ccc(C5CCCC5)c4CC3C[C@H]2CC1=O. The van der Waals surface area contributed by atoms with Crippen LogP contribution in [0.2, 0.25) is 0 Å². The van der Waals surface area contributed by atoms with E-state index in [4.69, 9.17) is 5.73 Å². The van der Waals surface area contributed by atoms with E-state index in [0.717, 1.165) is 36.8 Å². The fourth-order valence-corrected chi connectivity index (χ4v) is 6.28. The lowest BCUT2D eigenvalue weighted by Crippen LogP contribution is -2.44. The van der Waals surface area contributed by atoms with Gasteiger partial charge < -0.3 is 21.1 Å². The summed E-state index contributed by atoms with van der Waals surface area (Å²) in [6.45, 7) is 0. The van der Waals surface area contributed by atoms with Gasteiger partial charge in [0.25, 0.3) is 5.91 Å². The zero-order valence-electron chi connectivity index (χ0n) is 17.1. The van der Waals surface area contributed by atoms with Crippen molar-refractivity contribution < 1.29 is 29.7 Å². The van der Waals surface area contributed by atoms with Gasteiger partial charge in [-0.15, -0.1) is 0 Å². The van der Waals surface area contributed by atoms with Gasteiger partial charge in [0.05, 0.1) is 11.5 Å². The van der Waals surface area contributed by atoms with Gasteiger partial charge in [-0.2, -0.15) is 0 Å². The molecule has 1 amide bonds. The lowest BCUT2D eigenvalue weighted by molar-refractivity contribution is -0.127. The van der Waals surface area contributed by atoms with Crippen molar-refractivity contribution in [1.82, 2.24) is 0 Å². The first-order valence-electron chi connectivity index (χ1n) is 10.9. The molecule has 5 N–H and O–H groups in total. The number of nitrogens with two attached hydrogens (primary N) is 1. The molecule has 0 heterocycles. The number of aliphatic hydroxyl groups is 2. The van der Waals surface area contributed by atoms with E-state index >= 15 is 0 Å². The van der Waals surface area contributed by atoms with Crippen molar-refractivity contribution in [2.75, 3.05) is 0 Å². The molecule has 2 unspecified atom stereocenters. The molecule has 2 saturated carbocycles. The second kappa shape index (κ2) is 6.97. The van der Waals surface area contributed by atoms with Crippen LogP contribution in [0.3, 0.4) is 0 Å². The number of carbonyl (C=O) groups excluding carboxylic acids is 3. The van der Waals surface area contributed by atoms with Gasteiger partial charge >= 0.3 is 0 Å². The number of primary amides is 1. The molecule has 0 spiro atoms. The van der Waals surface area contributed by atoms with Crippen molar-refractivity contribution in [2.24, 2.45) is 23.5 Å². The summed E-state index contributed by atoms with van der Waals surface area (Å²) < 4.78 is 0. The van der Waals surface area contributed by atoms with Crippen LogP contribution in [0.15, 0.2) is 29.0 Å². The summed E-state index contributed by atoms with van der Waals surface area (Å²) in [6, 6.07) is 3.50. The zero-order valence-corrected chi connectivity index (χ0v) is 17.1. The van der Waals surface area contributed by atoms with Crippen molar-refractivity contribution >= 4 is 23.2 Å². The molecule has 4 aliphatic carbocycles. The molecular weight excluding hydrogens is 398 g/mol. The highest BCUT2D eigenvalue weighted by molar-refractivity contribution is 6.21. The smallest absolute Gasteiger partial charge is 0.255 e. The number of ketones is 2. The number of aliphatic hydroxyl groups excluding tert-OH is 2. The van der Waals surface area contributed by atoms with Crippen molar-refractivity contribution in [1.29, 1.82) is 0 Å². The molecule has 0 aromatic heterocycles. The summed E-state index contributed by atoms with van der Waals surface area (Å²) >= 11 is 0. The Kier molecular flexibility index (Phi) is 4.46. The number of hydrogen-bond donors (Lipinski definition) is 4. The number of rotatable bonds is 2. The van der Waals surface area contributed by atoms with Gasteiger partial charge in [-0.05, 0) is 60.6 Å². The largest absolute Gasteiger partial charge is 0.511 e. The molecule has 162 valence electrons. The zero-order chi connectivity index (χ0) is 22.0. The van der Waals surface area contributed by atoms with Crippen molar-refractivity contribution in [2.45, 2.75) is 50.9 Å². The average molecular weight is 423 g/mol. The number of phenolic OH excluding ortho intramolecular Hbond substituents is 1. The number of phenols is 1. The summed E-state index contributed by atoms with van der Waals surface area (Å²) in [7, 11) is 0. The fourth-order valence-electron chi connectivity index (χ4n) is 6.28. The van der Waals surface area contributed by atoms with Gasteiger partial charge in [0.1, 0.15) is 22.8 Å². The predicted molar refractivity (Wildman–Crippen MR) is 111 cm³/mol. The van der Waals surface area contributed by atoms with Crippen molar-refractivity contribution in [3.05, 3.63) is 45.7 Å². The first kappa shape index (κ1) is 19.8. The van der Waals surface area contributed by atoms with Gasteiger partial charge in [-0.25, -0.2) is 0 Å². The number of hydrogen-bond acceptors (Lipinski definition) is 6. The maximum Gasteiger partial charge on any atom is 0.255 e. The van der Waals surface area contributed by atoms with Gasteiger partial charge in [-0.1, -0.05) is 18.9 Å². The molecule has 3 atom stereocenters. The molecule has 0 bridgehead atoms. The Morgan fingerprint density at radius 3 is 2.39 bits per heavy atom. The van der Waals surface area contributed by atoms with Crippen molar-refractivity contribution in [3.63, 3.8) is 0 Å². The van der Waals surface area contributed by atoms with E-state index in [1.807, 2.05) is 6.07 Å². The van der Waals surface area contributed by atoms with Crippen LogP contribution in [0.1, 0.15) is 61.1 Å². The molecule has 4 aliphatic rings. The van der Waals surface area contributed by atoms with E-state index in [2.05, 4.69) is 0 Å². The average Bonchev–Trinajstić information content (AvgIpc) is 3.21. The Morgan fingerprint density at radius 1 is 1.00 bits per heavy atom. The lowest BCUT2D eigenvalue weighted by atomic mass is 9.61. The Labute approximate surface area is 179 Å². The minimum Gasteiger partial charge on any atom is -0.511 e. The third-order valence-electron chi connectivity index (χ3n) is 7.60. The molecule has 7 nitrogen and oxygen atoms in total. The van der Waals surface area contributed by atoms with Crippen LogP contribution in [0.4, 0.5) is 0 Å². The van der Waals surface area contributed by atoms with Crippen LogP contribution in [-0.4, -0.2) is 32.8 Å². The second-order valence-corrected chi connectivity index (χ2v) is 9.26. The van der Waals surface area contributed by atoms with E-state index in [9.17, 15) is 29.7 Å². The monoisotopic (exact) mass is 423 g/mol. The molecule has 5 rings (SSSR count). The topological polar surface area (TPSA) is 138 Å². The Bertz CT molecular complexity index is 1090. The highest BCUT2D eigenvalue weighted by Gasteiger charge is 2.51. The Morgan fingerprint density at radius 2 is 1.71 bits per heavy atom. The number of amides is 1. The molecule has 7 heteroatoms. The van der Waals surface area contributed by atoms with E-state index in [0.29, 0.717) is 24.3 Å². The number of Topliss-reactive ketones (excluding diaryl/α,β-unsaturated/α-hetero) is 2. The number of allylic oxidation sites excluding steroid dienone is 2. The van der Waals surface area contributed by atoms with E-state index < -0.39 is 40.6 Å². The summed E-state index contributed by atoms with van der Waals surface area (Å²) in [4.78, 5) is 37.4. The van der Waals surface area contributed by atoms with Crippen LogP contribution in [0.5, 0.6) is 5.75 Å². The Hall–Kier alpha value is -3.09. The predicted octanol–water partition coefficient (Wildman–Crippen LogP) is 2.97. The number of carbonyl (C=O) groups is 3. The minimum atomic E-state index is -1.07. The summed E-state index contributed by atoms with van der Waals surface area (Å²) in [6.07, 6.45) is 5.30. The molecule has 2 fully saturated rings. The van der Waals surface area contributed by atoms with Gasteiger partial charge in [0.15, 0.2) is 11.6 Å². The van der Waals surface area contributed by atoms with Crippen LogP contribution < -0.4 is 5.73 Å². The lowest BCUT2D eigenvalue weighted by Gasteiger charge is -2.41.